The Morgan fingerprint density at radius 2 is 1.45 bits per heavy atom. The Bertz CT molecular complexity index is 444. The van der Waals surface area contributed by atoms with Gasteiger partial charge in [-0.05, 0) is 27.5 Å². The van der Waals surface area contributed by atoms with Crippen LogP contribution in [0.15, 0.2) is 18.2 Å². The minimum atomic E-state index is -0.937. The Morgan fingerprint density at radius 1 is 1.00 bits per heavy atom. The van der Waals surface area contributed by atoms with Crippen LogP contribution in [0.3, 0.4) is 0 Å². The lowest BCUT2D eigenvalue weighted by molar-refractivity contribution is -0.142. The number of benzene rings is 1. The van der Waals surface area contributed by atoms with Gasteiger partial charge < -0.3 is 9.84 Å². The molecule has 1 N–H and O–H groups in total. The fraction of sp³-hybridized carbons (Fsp3) is 0.588. The summed E-state index contributed by atoms with van der Waals surface area (Å²) in [5, 5.41) is 8.63. The molecule has 0 spiro atoms. The maximum absolute atomic E-state index is 10.5. The van der Waals surface area contributed by atoms with Gasteiger partial charge >= 0.3 is 5.97 Å². The summed E-state index contributed by atoms with van der Waals surface area (Å²) in [6, 6.07) is 6.45. The molecule has 1 aromatic rings. The summed E-state index contributed by atoms with van der Waals surface area (Å²) >= 11 is 0. The zero-order chi connectivity index (χ0) is 15.6. The fourth-order valence-electron chi connectivity index (χ4n) is 1.90. The largest absolute Gasteiger partial charge is 0.480 e. The first-order chi connectivity index (χ1) is 9.00. The summed E-state index contributed by atoms with van der Waals surface area (Å²) in [6.07, 6.45) is 0. The number of ether oxygens (including phenoxy) is 1. The van der Waals surface area contributed by atoms with E-state index in [-0.39, 0.29) is 17.4 Å². The van der Waals surface area contributed by atoms with E-state index in [1.54, 1.807) is 0 Å². The van der Waals surface area contributed by atoms with Gasteiger partial charge in [-0.3, -0.25) is 0 Å². The van der Waals surface area contributed by atoms with Crippen molar-refractivity contribution < 1.29 is 14.6 Å². The van der Waals surface area contributed by atoms with Crippen molar-refractivity contribution in [2.45, 2.75) is 59.0 Å². The normalized spacial score (nSPS) is 12.5. The molecule has 112 valence electrons. The van der Waals surface area contributed by atoms with Crippen molar-refractivity contribution in [3.63, 3.8) is 0 Å². The molecule has 1 rings (SSSR count). The average molecular weight is 278 g/mol. The summed E-state index contributed by atoms with van der Waals surface area (Å²) < 4.78 is 5.22. The molecule has 0 unspecified atom stereocenters. The lowest BCUT2D eigenvalue weighted by Gasteiger charge is -2.26. The third-order valence-corrected chi connectivity index (χ3v) is 3.22. The molecule has 0 aliphatic heterocycles. The predicted octanol–water partition coefficient (Wildman–Crippen LogP) is 3.88. The van der Waals surface area contributed by atoms with Gasteiger partial charge in [0.2, 0.25) is 0 Å². The van der Waals surface area contributed by atoms with Crippen molar-refractivity contribution in [3.8, 4) is 0 Å². The molecular weight excluding hydrogens is 252 g/mol. The molecule has 0 amide bonds. The quantitative estimate of drug-likeness (QED) is 0.909. The van der Waals surface area contributed by atoms with Crippen LogP contribution in [-0.2, 0) is 27.0 Å². The number of carbonyl (C=O) groups is 1. The third-order valence-electron chi connectivity index (χ3n) is 3.22. The van der Waals surface area contributed by atoms with Gasteiger partial charge in [-0.15, -0.1) is 0 Å². The van der Waals surface area contributed by atoms with Crippen LogP contribution in [0, 0.1) is 0 Å². The molecule has 1 aromatic carbocycles. The zero-order valence-corrected chi connectivity index (χ0v) is 13.4. The van der Waals surface area contributed by atoms with E-state index >= 15 is 0 Å². The van der Waals surface area contributed by atoms with E-state index in [2.05, 4.69) is 59.7 Å². The number of aliphatic carboxylic acids is 1. The van der Waals surface area contributed by atoms with Gasteiger partial charge in [-0.1, -0.05) is 59.7 Å². The van der Waals surface area contributed by atoms with Crippen molar-refractivity contribution >= 4 is 5.97 Å². The molecule has 20 heavy (non-hydrogen) atoms. The molecule has 0 fully saturated rings. The fourth-order valence-corrected chi connectivity index (χ4v) is 1.90. The lowest BCUT2D eigenvalue weighted by atomic mass is 9.79. The van der Waals surface area contributed by atoms with Crippen LogP contribution in [0.4, 0.5) is 0 Å². The summed E-state index contributed by atoms with van der Waals surface area (Å²) in [5.41, 5.74) is 3.65. The standard InChI is InChI=1S/C17H26O3/c1-16(2,3)13-7-12(10-20-11-15(18)19)8-14(9-13)17(4,5)6/h7-9H,10-11H2,1-6H3,(H,18,19). The third kappa shape index (κ3) is 4.97. The van der Waals surface area contributed by atoms with Crippen molar-refractivity contribution in [1.29, 1.82) is 0 Å². The number of carboxylic acid groups (broad SMARTS) is 1. The van der Waals surface area contributed by atoms with Crippen LogP contribution in [0.2, 0.25) is 0 Å². The number of carboxylic acids is 1. The van der Waals surface area contributed by atoms with Gasteiger partial charge in [-0.25, -0.2) is 4.79 Å². The van der Waals surface area contributed by atoms with E-state index in [9.17, 15) is 4.79 Å². The number of rotatable bonds is 4. The molecule has 0 aliphatic carbocycles. The Kier molecular flexibility index (Phi) is 4.98. The van der Waals surface area contributed by atoms with Crippen LogP contribution in [0.1, 0.15) is 58.2 Å². The van der Waals surface area contributed by atoms with E-state index in [0.29, 0.717) is 6.61 Å². The van der Waals surface area contributed by atoms with Crippen molar-refractivity contribution in [1.82, 2.24) is 0 Å². The summed E-state index contributed by atoms with van der Waals surface area (Å²) in [7, 11) is 0. The van der Waals surface area contributed by atoms with Gasteiger partial charge in [0.05, 0.1) is 6.61 Å². The first-order valence-corrected chi connectivity index (χ1v) is 6.94. The Labute approximate surface area is 122 Å². The molecule has 0 heterocycles. The molecule has 0 bridgehead atoms. The molecule has 0 saturated heterocycles. The van der Waals surface area contributed by atoms with Gasteiger partial charge in [0.25, 0.3) is 0 Å². The topological polar surface area (TPSA) is 46.5 Å². The average Bonchev–Trinajstić information content (AvgIpc) is 2.25. The van der Waals surface area contributed by atoms with Gasteiger partial charge in [0.15, 0.2) is 0 Å². The highest BCUT2D eigenvalue weighted by Gasteiger charge is 2.20. The van der Waals surface area contributed by atoms with Crippen LogP contribution >= 0.6 is 0 Å². The molecule has 0 aliphatic rings. The first kappa shape index (κ1) is 16.7. The second kappa shape index (κ2) is 5.96. The predicted molar refractivity (Wildman–Crippen MR) is 81.1 cm³/mol. The van der Waals surface area contributed by atoms with Crippen LogP contribution in [0.25, 0.3) is 0 Å². The highest BCUT2D eigenvalue weighted by atomic mass is 16.5. The van der Waals surface area contributed by atoms with E-state index in [0.717, 1.165) is 5.56 Å². The van der Waals surface area contributed by atoms with Crippen molar-refractivity contribution in [2.75, 3.05) is 6.61 Å². The monoisotopic (exact) mass is 278 g/mol. The van der Waals surface area contributed by atoms with E-state index in [4.69, 9.17) is 9.84 Å². The maximum Gasteiger partial charge on any atom is 0.329 e. The van der Waals surface area contributed by atoms with E-state index < -0.39 is 5.97 Å². The molecular formula is C17H26O3. The van der Waals surface area contributed by atoms with Gasteiger partial charge in [0, 0.05) is 0 Å². The minimum absolute atomic E-state index is 0.0583. The molecule has 3 heteroatoms. The summed E-state index contributed by atoms with van der Waals surface area (Å²) in [4.78, 5) is 10.5. The zero-order valence-electron chi connectivity index (χ0n) is 13.4. The smallest absolute Gasteiger partial charge is 0.329 e. The number of hydrogen-bond donors (Lipinski definition) is 1. The number of hydrogen-bond acceptors (Lipinski definition) is 2. The molecule has 3 nitrogen and oxygen atoms in total. The van der Waals surface area contributed by atoms with Gasteiger partial charge in [-0.2, -0.15) is 0 Å². The second-order valence-corrected chi connectivity index (χ2v) is 7.31. The first-order valence-electron chi connectivity index (χ1n) is 6.94. The highest BCUT2D eigenvalue weighted by molar-refractivity contribution is 5.68. The lowest BCUT2D eigenvalue weighted by Crippen LogP contribution is -2.17. The van der Waals surface area contributed by atoms with Gasteiger partial charge in [0.1, 0.15) is 6.61 Å². The van der Waals surface area contributed by atoms with Crippen LogP contribution in [0.5, 0.6) is 0 Å². The Balaban J connectivity index is 3.08. The Morgan fingerprint density at radius 3 is 1.80 bits per heavy atom. The SMILES string of the molecule is CC(C)(C)c1cc(COCC(=O)O)cc(C(C)(C)C)c1. The molecule has 0 aromatic heterocycles. The Hall–Kier alpha value is -1.35. The maximum atomic E-state index is 10.5. The van der Waals surface area contributed by atoms with Crippen LogP contribution in [-0.4, -0.2) is 17.7 Å². The molecule has 0 atom stereocenters. The highest BCUT2D eigenvalue weighted by Crippen LogP contribution is 2.30. The van der Waals surface area contributed by atoms with E-state index in [1.807, 2.05) is 0 Å². The minimum Gasteiger partial charge on any atom is -0.480 e. The molecule has 0 radical (unpaired) electrons. The van der Waals surface area contributed by atoms with Crippen molar-refractivity contribution in [2.24, 2.45) is 0 Å². The van der Waals surface area contributed by atoms with E-state index in [1.165, 1.54) is 11.1 Å². The summed E-state index contributed by atoms with van der Waals surface area (Å²) in [6.45, 7) is 13.1. The molecule has 0 saturated carbocycles. The summed E-state index contributed by atoms with van der Waals surface area (Å²) in [5.74, 6) is -0.937. The second-order valence-electron chi connectivity index (χ2n) is 7.31. The van der Waals surface area contributed by atoms with Crippen LogP contribution < -0.4 is 0 Å². The van der Waals surface area contributed by atoms with Crippen molar-refractivity contribution in [3.05, 3.63) is 34.9 Å².